The Morgan fingerprint density at radius 2 is 2.10 bits per heavy atom. The van der Waals surface area contributed by atoms with E-state index in [9.17, 15) is 4.79 Å². The number of amides is 1. The molecule has 0 fully saturated rings. The van der Waals surface area contributed by atoms with E-state index in [2.05, 4.69) is 41.5 Å². The molecule has 1 aromatic heterocycles. The fraction of sp³-hybridized carbons (Fsp3) is 0.412. The molecular weight excluding hydrogens is 262 g/mol. The molecule has 0 saturated heterocycles. The Hall–Kier alpha value is -2.10. The van der Waals surface area contributed by atoms with Crippen LogP contribution >= 0.6 is 0 Å². The fourth-order valence-corrected chi connectivity index (χ4v) is 2.87. The number of rotatable bonds is 4. The topological polar surface area (TPSA) is 57.8 Å². The molecule has 1 aliphatic carbocycles. The molecular formula is C17H21N3O. The third-order valence-corrected chi connectivity index (χ3v) is 3.85. The van der Waals surface area contributed by atoms with Gasteiger partial charge in [-0.3, -0.25) is 9.89 Å². The number of carbonyl (C=O) groups excluding carboxylic acids is 1. The average Bonchev–Trinajstić information content (AvgIpc) is 3.06. The smallest absolute Gasteiger partial charge is 0.276 e. The number of aryl methyl sites for hydroxylation is 2. The summed E-state index contributed by atoms with van der Waals surface area (Å²) in [6.45, 7) is 4.29. The molecule has 1 amide bonds. The molecule has 0 radical (unpaired) electrons. The minimum Gasteiger partial charge on any atom is -0.321 e. The van der Waals surface area contributed by atoms with E-state index >= 15 is 0 Å². The van der Waals surface area contributed by atoms with Crippen LogP contribution in [-0.4, -0.2) is 16.1 Å². The largest absolute Gasteiger partial charge is 0.321 e. The second kappa shape index (κ2) is 5.72. The summed E-state index contributed by atoms with van der Waals surface area (Å²) >= 11 is 0. The molecule has 2 N–H and O–H groups in total. The highest BCUT2D eigenvalue weighted by Gasteiger charge is 2.14. The maximum Gasteiger partial charge on any atom is 0.276 e. The minimum absolute atomic E-state index is 0.154. The van der Waals surface area contributed by atoms with Crippen molar-refractivity contribution in [3.63, 3.8) is 0 Å². The summed E-state index contributed by atoms with van der Waals surface area (Å²) in [7, 11) is 0. The van der Waals surface area contributed by atoms with Crippen LogP contribution in [0, 0.1) is 5.92 Å². The van der Waals surface area contributed by atoms with E-state index in [1.807, 2.05) is 12.1 Å². The van der Waals surface area contributed by atoms with Crippen molar-refractivity contribution in [3.05, 3.63) is 46.8 Å². The molecule has 0 bridgehead atoms. The minimum atomic E-state index is -0.154. The molecule has 4 heteroatoms. The first-order valence-electron chi connectivity index (χ1n) is 7.59. The van der Waals surface area contributed by atoms with Crippen LogP contribution < -0.4 is 5.32 Å². The van der Waals surface area contributed by atoms with Gasteiger partial charge in [0.1, 0.15) is 0 Å². The molecule has 0 unspecified atom stereocenters. The third-order valence-electron chi connectivity index (χ3n) is 3.85. The van der Waals surface area contributed by atoms with Gasteiger partial charge in [0.25, 0.3) is 5.91 Å². The lowest BCUT2D eigenvalue weighted by Gasteiger charge is -2.06. The highest BCUT2D eigenvalue weighted by Crippen LogP contribution is 2.25. The van der Waals surface area contributed by atoms with E-state index in [-0.39, 0.29) is 5.91 Å². The van der Waals surface area contributed by atoms with Gasteiger partial charge in [-0.15, -0.1) is 0 Å². The van der Waals surface area contributed by atoms with Crippen LogP contribution in [0.4, 0.5) is 5.69 Å². The number of aromatic nitrogens is 2. The van der Waals surface area contributed by atoms with E-state index in [0.29, 0.717) is 11.6 Å². The number of nitrogens with one attached hydrogen (secondary N) is 2. The number of H-pyrrole nitrogens is 1. The van der Waals surface area contributed by atoms with Crippen molar-refractivity contribution in [2.75, 3.05) is 5.32 Å². The molecule has 0 spiro atoms. The molecule has 0 saturated carbocycles. The van der Waals surface area contributed by atoms with Crippen LogP contribution in [0.25, 0.3) is 0 Å². The number of nitrogens with zero attached hydrogens (tertiary/aromatic N) is 1. The molecule has 1 aliphatic rings. The van der Waals surface area contributed by atoms with Crippen LogP contribution in [-0.2, 0) is 19.3 Å². The van der Waals surface area contributed by atoms with E-state index in [1.165, 1.54) is 17.5 Å². The normalized spacial score (nSPS) is 13.5. The van der Waals surface area contributed by atoms with Crippen LogP contribution in [0.3, 0.4) is 0 Å². The van der Waals surface area contributed by atoms with Crippen molar-refractivity contribution in [1.29, 1.82) is 0 Å². The number of carbonyl (C=O) groups is 1. The summed E-state index contributed by atoms with van der Waals surface area (Å²) in [4.78, 5) is 12.2. The van der Waals surface area contributed by atoms with Crippen molar-refractivity contribution < 1.29 is 4.79 Å². The molecule has 0 atom stereocenters. The predicted octanol–water partition coefficient (Wildman–Crippen LogP) is 3.35. The van der Waals surface area contributed by atoms with Gasteiger partial charge in [0.2, 0.25) is 0 Å². The zero-order chi connectivity index (χ0) is 14.8. The molecule has 21 heavy (non-hydrogen) atoms. The predicted molar refractivity (Wildman–Crippen MR) is 83.5 cm³/mol. The third kappa shape index (κ3) is 3.15. The van der Waals surface area contributed by atoms with Gasteiger partial charge in [0.15, 0.2) is 5.69 Å². The highest BCUT2D eigenvalue weighted by atomic mass is 16.1. The van der Waals surface area contributed by atoms with Crippen LogP contribution in [0.2, 0.25) is 0 Å². The van der Waals surface area contributed by atoms with Crippen molar-refractivity contribution in [1.82, 2.24) is 10.2 Å². The van der Waals surface area contributed by atoms with Crippen molar-refractivity contribution in [2.45, 2.75) is 39.5 Å². The SMILES string of the molecule is CC(C)Cc1cc(C(=O)Nc2ccc3c(c2)CCC3)n[nH]1. The molecule has 3 rings (SSSR count). The lowest BCUT2D eigenvalue weighted by atomic mass is 10.1. The van der Waals surface area contributed by atoms with Gasteiger partial charge < -0.3 is 5.32 Å². The molecule has 2 aromatic rings. The fourth-order valence-electron chi connectivity index (χ4n) is 2.87. The van der Waals surface area contributed by atoms with E-state index in [0.717, 1.165) is 30.6 Å². The summed E-state index contributed by atoms with van der Waals surface area (Å²) in [6, 6.07) is 8.01. The Bertz CT molecular complexity index is 658. The summed E-state index contributed by atoms with van der Waals surface area (Å²) < 4.78 is 0. The average molecular weight is 283 g/mol. The van der Waals surface area contributed by atoms with Crippen LogP contribution in [0.15, 0.2) is 24.3 Å². The van der Waals surface area contributed by atoms with Gasteiger partial charge in [-0.25, -0.2) is 0 Å². The molecule has 1 aromatic carbocycles. The Balaban J connectivity index is 1.70. The van der Waals surface area contributed by atoms with Crippen molar-refractivity contribution in [3.8, 4) is 0 Å². The van der Waals surface area contributed by atoms with Gasteiger partial charge in [0, 0.05) is 11.4 Å². The van der Waals surface area contributed by atoms with E-state index < -0.39 is 0 Å². The zero-order valence-corrected chi connectivity index (χ0v) is 12.6. The van der Waals surface area contributed by atoms with E-state index in [4.69, 9.17) is 0 Å². The monoisotopic (exact) mass is 283 g/mol. The maximum atomic E-state index is 12.2. The standard InChI is InChI=1S/C17H21N3O/c1-11(2)8-15-10-16(20-19-15)17(21)18-14-7-6-12-4-3-5-13(12)9-14/h6-7,9-11H,3-5,8H2,1-2H3,(H,18,21)(H,19,20). The number of aromatic amines is 1. The molecule has 1 heterocycles. The number of fused-ring (bicyclic) bond motifs is 1. The summed E-state index contributed by atoms with van der Waals surface area (Å²) in [6.07, 6.45) is 4.38. The molecule has 0 aliphatic heterocycles. The first-order chi connectivity index (χ1) is 10.1. The Labute approximate surface area is 125 Å². The second-order valence-electron chi connectivity index (χ2n) is 6.17. The van der Waals surface area contributed by atoms with Crippen molar-refractivity contribution >= 4 is 11.6 Å². The van der Waals surface area contributed by atoms with Gasteiger partial charge in [-0.05, 0) is 60.9 Å². The molecule has 110 valence electrons. The zero-order valence-electron chi connectivity index (χ0n) is 12.6. The van der Waals surface area contributed by atoms with Crippen LogP contribution in [0.5, 0.6) is 0 Å². The Kier molecular flexibility index (Phi) is 3.78. The summed E-state index contributed by atoms with van der Waals surface area (Å²) in [5.41, 5.74) is 5.08. The van der Waals surface area contributed by atoms with Gasteiger partial charge in [-0.1, -0.05) is 19.9 Å². The van der Waals surface area contributed by atoms with E-state index in [1.54, 1.807) is 0 Å². The molecule has 4 nitrogen and oxygen atoms in total. The number of anilines is 1. The number of hydrogen-bond acceptors (Lipinski definition) is 2. The van der Waals surface area contributed by atoms with Crippen LogP contribution in [0.1, 0.15) is 47.6 Å². The first kappa shape index (κ1) is 13.9. The summed E-state index contributed by atoms with van der Waals surface area (Å²) in [5, 5.41) is 9.97. The number of benzene rings is 1. The lowest BCUT2D eigenvalue weighted by molar-refractivity contribution is 0.102. The van der Waals surface area contributed by atoms with Gasteiger partial charge >= 0.3 is 0 Å². The Morgan fingerprint density at radius 3 is 2.90 bits per heavy atom. The van der Waals surface area contributed by atoms with Crippen molar-refractivity contribution in [2.24, 2.45) is 5.92 Å². The lowest BCUT2D eigenvalue weighted by Crippen LogP contribution is -2.12. The quantitative estimate of drug-likeness (QED) is 0.904. The Morgan fingerprint density at radius 1 is 1.29 bits per heavy atom. The van der Waals surface area contributed by atoms with Gasteiger partial charge in [-0.2, -0.15) is 5.10 Å². The number of hydrogen-bond donors (Lipinski definition) is 2. The van der Waals surface area contributed by atoms with Gasteiger partial charge in [0.05, 0.1) is 0 Å². The maximum absolute atomic E-state index is 12.2. The highest BCUT2D eigenvalue weighted by molar-refractivity contribution is 6.02. The summed E-state index contributed by atoms with van der Waals surface area (Å²) in [5.74, 6) is 0.386. The second-order valence-corrected chi connectivity index (χ2v) is 6.17. The first-order valence-corrected chi connectivity index (χ1v) is 7.59.